The molecule has 0 atom stereocenters. The van der Waals surface area contributed by atoms with Gasteiger partial charge in [-0.25, -0.2) is 4.79 Å². The van der Waals surface area contributed by atoms with Gasteiger partial charge in [0.15, 0.2) is 5.96 Å². The van der Waals surface area contributed by atoms with E-state index < -0.39 is 5.60 Å². The Hall–Kier alpha value is -1.58. The summed E-state index contributed by atoms with van der Waals surface area (Å²) >= 11 is 0. The second-order valence-corrected chi connectivity index (χ2v) is 8.21. The number of nitrogens with zero attached hydrogens (tertiary/aromatic N) is 3. The molecule has 8 heteroatoms. The van der Waals surface area contributed by atoms with Crippen LogP contribution in [0.2, 0.25) is 0 Å². The Morgan fingerprint density at radius 2 is 2.10 bits per heavy atom. The number of ether oxygens (including phenoxy) is 1. The van der Waals surface area contributed by atoms with E-state index in [4.69, 9.17) is 4.74 Å². The summed E-state index contributed by atoms with van der Waals surface area (Å²) in [6, 6.07) is 3.85. The van der Waals surface area contributed by atoms with Gasteiger partial charge in [-0.15, -0.1) is 24.0 Å². The van der Waals surface area contributed by atoms with Crippen LogP contribution < -0.4 is 10.6 Å². The van der Waals surface area contributed by atoms with Gasteiger partial charge in [0.2, 0.25) is 0 Å². The molecule has 0 spiro atoms. The molecule has 0 aromatic carbocycles. The Bertz CT molecular complexity index is 630. The van der Waals surface area contributed by atoms with Crippen LogP contribution in [-0.4, -0.2) is 53.7 Å². The van der Waals surface area contributed by atoms with Gasteiger partial charge in [0.1, 0.15) is 5.60 Å². The number of halogens is 1. The van der Waals surface area contributed by atoms with E-state index in [1.807, 2.05) is 32.9 Å². The van der Waals surface area contributed by atoms with Crippen LogP contribution in [0.3, 0.4) is 0 Å². The number of pyridine rings is 1. The van der Waals surface area contributed by atoms with Crippen molar-refractivity contribution in [3.05, 3.63) is 30.1 Å². The van der Waals surface area contributed by atoms with Crippen molar-refractivity contribution in [2.75, 3.05) is 26.2 Å². The standard InChI is InChI=1S/C21H35N5O2.HI/c1-5-23-19(25-15-17-9-10-17)24-12-7-13-26(20(27)28-21(2,3)4)16-18-8-6-11-22-14-18;/h6,8,11,14,17H,5,7,9-10,12-13,15-16H2,1-4H3,(H2,23,24,25);1H. The maximum atomic E-state index is 12.6. The lowest BCUT2D eigenvalue weighted by molar-refractivity contribution is 0.0232. The molecule has 0 radical (unpaired) electrons. The van der Waals surface area contributed by atoms with Crippen LogP contribution in [0, 0.1) is 5.92 Å². The summed E-state index contributed by atoms with van der Waals surface area (Å²) in [5, 5.41) is 6.63. The van der Waals surface area contributed by atoms with Crippen molar-refractivity contribution in [2.45, 2.75) is 59.1 Å². The lowest BCUT2D eigenvalue weighted by atomic mass is 10.2. The first kappa shape index (κ1) is 25.5. The van der Waals surface area contributed by atoms with E-state index in [2.05, 4.69) is 27.5 Å². The molecular formula is C21H36IN5O2. The number of hydrogen-bond acceptors (Lipinski definition) is 4. The minimum Gasteiger partial charge on any atom is -0.444 e. The molecule has 1 fully saturated rings. The molecule has 2 rings (SSSR count). The Morgan fingerprint density at radius 1 is 1.34 bits per heavy atom. The number of amides is 1. The van der Waals surface area contributed by atoms with Crippen LogP contribution >= 0.6 is 24.0 Å². The summed E-state index contributed by atoms with van der Waals surface area (Å²) < 4.78 is 5.57. The first-order valence-electron chi connectivity index (χ1n) is 10.3. The molecule has 1 aliphatic carbocycles. The fourth-order valence-corrected chi connectivity index (χ4v) is 2.61. The van der Waals surface area contributed by atoms with Crippen molar-refractivity contribution in [3.63, 3.8) is 0 Å². The molecule has 1 saturated carbocycles. The summed E-state index contributed by atoms with van der Waals surface area (Å²) in [7, 11) is 0. The van der Waals surface area contributed by atoms with Crippen LogP contribution in [0.4, 0.5) is 4.79 Å². The highest BCUT2D eigenvalue weighted by molar-refractivity contribution is 14.0. The molecule has 0 aliphatic heterocycles. The minimum absolute atomic E-state index is 0. The highest BCUT2D eigenvalue weighted by Gasteiger charge is 2.22. The molecule has 29 heavy (non-hydrogen) atoms. The van der Waals surface area contributed by atoms with Crippen LogP contribution in [0.5, 0.6) is 0 Å². The van der Waals surface area contributed by atoms with Crippen molar-refractivity contribution in [1.29, 1.82) is 0 Å². The minimum atomic E-state index is -0.518. The summed E-state index contributed by atoms with van der Waals surface area (Å²) in [5.41, 5.74) is 0.469. The Labute approximate surface area is 192 Å². The number of carbonyl (C=O) groups excluding carboxylic acids is 1. The normalized spacial score (nSPS) is 14.0. The lowest BCUT2D eigenvalue weighted by Gasteiger charge is -2.27. The van der Waals surface area contributed by atoms with Gasteiger partial charge in [-0.2, -0.15) is 0 Å². The molecule has 1 aliphatic rings. The quantitative estimate of drug-likeness (QED) is 0.226. The van der Waals surface area contributed by atoms with Gasteiger partial charge in [-0.3, -0.25) is 9.98 Å². The SMILES string of the molecule is CCNC(=NCC1CC1)NCCCN(Cc1cccnc1)C(=O)OC(C)(C)C.I. The molecular weight excluding hydrogens is 481 g/mol. The van der Waals surface area contributed by atoms with E-state index in [9.17, 15) is 4.79 Å². The smallest absolute Gasteiger partial charge is 0.410 e. The second kappa shape index (κ2) is 12.9. The first-order chi connectivity index (χ1) is 13.4. The van der Waals surface area contributed by atoms with Gasteiger partial charge in [-0.05, 0) is 64.5 Å². The van der Waals surface area contributed by atoms with E-state index in [1.165, 1.54) is 12.8 Å². The fourth-order valence-electron chi connectivity index (χ4n) is 2.61. The van der Waals surface area contributed by atoms with Gasteiger partial charge >= 0.3 is 6.09 Å². The molecule has 1 aromatic rings. The van der Waals surface area contributed by atoms with Crippen molar-refractivity contribution in [3.8, 4) is 0 Å². The number of nitrogens with one attached hydrogen (secondary N) is 2. The Morgan fingerprint density at radius 3 is 2.69 bits per heavy atom. The average molecular weight is 517 g/mol. The predicted molar refractivity (Wildman–Crippen MR) is 128 cm³/mol. The zero-order chi connectivity index (χ0) is 20.4. The van der Waals surface area contributed by atoms with Crippen LogP contribution in [0.1, 0.15) is 52.5 Å². The second-order valence-electron chi connectivity index (χ2n) is 8.21. The Kier molecular flexibility index (Phi) is 11.3. The van der Waals surface area contributed by atoms with Gasteiger partial charge in [0, 0.05) is 38.6 Å². The van der Waals surface area contributed by atoms with Crippen molar-refractivity contribution in [1.82, 2.24) is 20.5 Å². The number of guanidine groups is 1. The molecule has 1 heterocycles. The van der Waals surface area contributed by atoms with E-state index in [0.29, 0.717) is 13.1 Å². The number of aliphatic imine (C=N–C) groups is 1. The van der Waals surface area contributed by atoms with E-state index >= 15 is 0 Å². The van der Waals surface area contributed by atoms with Crippen molar-refractivity contribution in [2.24, 2.45) is 10.9 Å². The molecule has 7 nitrogen and oxygen atoms in total. The van der Waals surface area contributed by atoms with Crippen LogP contribution in [-0.2, 0) is 11.3 Å². The topological polar surface area (TPSA) is 78.9 Å². The van der Waals surface area contributed by atoms with Gasteiger partial charge in [-0.1, -0.05) is 6.07 Å². The molecule has 164 valence electrons. The third-order valence-corrected chi connectivity index (χ3v) is 4.19. The lowest BCUT2D eigenvalue weighted by Crippen LogP contribution is -2.40. The summed E-state index contributed by atoms with van der Waals surface area (Å²) in [5.74, 6) is 1.61. The van der Waals surface area contributed by atoms with E-state index in [1.54, 1.807) is 17.3 Å². The zero-order valence-electron chi connectivity index (χ0n) is 18.1. The molecule has 0 unspecified atom stereocenters. The number of hydrogen-bond donors (Lipinski definition) is 2. The number of carbonyl (C=O) groups is 1. The summed E-state index contributed by atoms with van der Waals surface area (Å²) in [4.78, 5) is 23.1. The monoisotopic (exact) mass is 517 g/mol. The highest BCUT2D eigenvalue weighted by Crippen LogP contribution is 2.28. The highest BCUT2D eigenvalue weighted by atomic mass is 127. The van der Waals surface area contributed by atoms with Crippen molar-refractivity contribution < 1.29 is 9.53 Å². The molecule has 1 amide bonds. The first-order valence-corrected chi connectivity index (χ1v) is 10.3. The fraction of sp³-hybridized carbons (Fsp3) is 0.667. The molecule has 2 N–H and O–H groups in total. The summed E-state index contributed by atoms with van der Waals surface area (Å²) in [6.07, 6.45) is 6.60. The molecule has 0 saturated heterocycles. The maximum Gasteiger partial charge on any atom is 0.410 e. The number of aromatic nitrogens is 1. The van der Waals surface area contributed by atoms with Crippen molar-refractivity contribution >= 4 is 36.0 Å². The van der Waals surface area contributed by atoms with Gasteiger partial charge in [0.05, 0.1) is 6.54 Å². The third-order valence-electron chi connectivity index (χ3n) is 4.19. The summed E-state index contributed by atoms with van der Waals surface area (Å²) in [6.45, 7) is 11.3. The van der Waals surface area contributed by atoms with Crippen LogP contribution in [0.15, 0.2) is 29.5 Å². The Balaban J connectivity index is 0.00000420. The zero-order valence-corrected chi connectivity index (χ0v) is 20.4. The molecule has 1 aromatic heterocycles. The maximum absolute atomic E-state index is 12.6. The van der Waals surface area contributed by atoms with Gasteiger partial charge < -0.3 is 20.3 Å². The third kappa shape index (κ3) is 11.3. The average Bonchev–Trinajstić information content (AvgIpc) is 3.46. The van der Waals surface area contributed by atoms with Gasteiger partial charge in [0.25, 0.3) is 0 Å². The predicted octanol–water partition coefficient (Wildman–Crippen LogP) is 3.79. The molecule has 0 bridgehead atoms. The van der Waals surface area contributed by atoms with E-state index in [-0.39, 0.29) is 30.1 Å². The van der Waals surface area contributed by atoms with E-state index in [0.717, 1.165) is 43.5 Å². The number of rotatable bonds is 9. The largest absolute Gasteiger partial charge is 0.444 e. The van der Waals surface area contributed by atoms with Crippen LogP contribution in [0.25, 0.3) is 0 Å².